The van der Waals surface area contributed by atoms with Crippen LogP contribution in [0.25, 0.3) is 0 Å². The van der Waals surface area contributed by atoms with E-state index in [9.17, 15) is 18.0 Å². The molecule has 1 fully saturated rings. The van der Waals surface area contributed by atoms with Crippen LogP contribution in [0.15, 0.2) is 18.3 Å². The summed E-state index contributed by atoms with van der Waals surface area (Å²) < 4.78 is 40.3. The van der Waals surface area contributed by atoms with Crippen molar-refractivity contribution in [1.29, 1.82) is 0 Å². The van der Waals surface area contributed by atoms with Gasteiger partial charge in [-0.3, -0.25) is 9.69 Å². The minimum absolute atomic E-state index is 0.156. The van der Waals surface area contributed by atoms with E-state index in [1.807, 2.05) is 6.92 Å². The van der Waals surface area contributed by atoms with Gasteiger partial charge in [-0.25, -0.2) is 4.98 Å². The van der Waals surface area contributed by atoms with E-state index in [-0.39, 0.29) is 11.8 Å². The number of likely N-dealkylation sites (tertiary alicyclic amines) is 1. The zero-order chi connectivity index (χ0) is 20.5. The van der Waals surface area contributed by atoms with Gasteiger partial charge < -0.3 is 5.32 Å². The number of aromatic nitrogens is 1. The highest BCUT2D eigenvalue weighted by molar-refractivity contribution is 7.15. The number of alkyl halides is 3. The molecule has 1 aliphatic heterocycles. The van der Waals surface area contributed by atoms with E-state index in [4.69, 9.17) is 0 Å². The first-order valence-electron chi connectivity index (χ1n) is 9.24. The Hall–Kier alpha value is -1.93. The van der Waals surface area contributed by atoms with Gasteiger partial charge in [-0.05, 0) is 61.9 Å². The van der Waals surface area contributed by atoms with Crippen molar-refractivity contribution in [2.45, 2.75) is 46.3 Å². The average molecular weight is 411 g/mol. The molecular weight excluding hydrogens is 387 g/mol. The van der Waals surface area contributed by atoms with Gasteiger partial charge in [0.25, 0.3) is 0 Å². The van der Waals surface area contributed by atoms with E-state index < -0.39 is 11.7 Å². The highest BCUT2D eigenvalue weighted by Crippen LogP contribution is 2.36. The van der Waals surface area contributed by atoms with E-state index >= 15 is 0 Å². The first-order chi connectivity index (χ1) is 13.1. The van der Waals surface area contributed by atoms with Gasteiger partial charge >= 0.3 is 6.18 Å². The first kappa shape index (κ1) is 20.8. The van der Waals surface area contributed by atoms with Gasteiger partial charge in [0.15, 0.2) is 5.13 Å². The molecule has 2 aromatic rings. The van der Waals surface area contributed by atoms with Crippen LogP contribution in [0.4, 0.5) is 18.3 Å². The van der Waals surface area contributed by atoms with Crippen LogP contribution < -0.4 is 5.32 Å². The highest BCUT2D eigenvalue weighted by atomic mass is 32.1. The molecule has 28 heavy (non-hydrogen) atoms. The van der Waals surface area contributed by atoms with Gasteiger partial charge in [-0.1, -0.05) is 6.07 Å². The number of nitrogens with zero attached hydrogens (tertiary/aromatic N) is 2. The summed E-state index contributed by atoms with van der Waals surface area (Å²) in [6, 6.07) is 2.97. The van der Waals surface area contributed by atoms with Crippen molar-refractivity contribution in [3.63, 3.8) is 0 Å². The number of halogens is 3. The third kappa shape index (κ3) is 5.11. The van der Waals surface area contributed by atoms with Crippen molar-refractivity contribution in [2.75, 3.05) is 18.4 Å². The van der Waals surface area contributed by atoms with Crippen LogP contribution >= 0.6 is 11.3 Å². The number of rotatable bonds is 5. The van der Waals surface area contributed by atoms with E-state index in [0.717, 1.165) is 30.0 Å². The van der Waals surface area contributed by atoms with Crippen molar-refractivity contribution < 1.29 is 18.0 Å². The predicted octanol–water partition coefficient (Wildman–Crippen LogP) is 4.80. The van der Waals surface area contributed by atoms with Gasteiger partial charge in [0, 0.05) is 31.1 Å². The third-order valence-corrected chi connectivity index (χ3v) is 6.02. The fraction of sp³-hybridized carbons (Fsp3) is 0.500. The van der Waals surface area contributed by atoms with Crippen LogP contribution in [-0.2, 0) is 23.9 Å². The third-order valence-electron chi connectivity index (χ3n) is 5.12. The van der Waals surface area contributed by atoms with E-state index in [1.165, 1.54) is 24.3 Å². The lowest BCUT2D eigenvalue weighted by atomic mass is 9.91. The Bertz CT molecular complexity index is 863. The topological polar surface area (TPSA) is 45.2 Å². The van der Waals surface area contributed by atoms with Crippen molar-refractivity contribution >= 4 is 22.4 Å². The van der Waals surface area contributed by atoms with Crippen LogP contribution in [0, 0.1) is 19.8 Å². The quantitative estimate of drug-likeness (QED) is 0.769. The largest absolute Gasteiger partial charge is 0.416 e. The predicted molar refractivity (Wildman–Crippen MR) is 104 cm³/mol. The second-order valence-electron chi connectivity index (χ2n) is 7.50. The van der Waals surface area contributed by atoms with Crippen molar-refractivity contribution in [2.24, 2.45) is 5.92 Å². The van der Waals surface area contributed by atoms with Gasteiger partial charge in [-0.15, -0.1) is 11.3 Å². The maximum atomic E-state index is 13.4. The van der Waals surface area contributed by atoms with Crippen LogP contribution in [0.1, 0.15) is 40.5 Å². The lowest BCUT2D eigenvalue weighted by molar-refractivity contribution is -0.138. The average Bonchev–Trinajstić information content (AvgIpc) is 3.19. The Kier molecular flexibility index (Phi) is 6.09. The molecule has 0 saturated carbocycles. The molecule has 1 saturated heterocycles. The highest BCUT2D eigenvalue weighted by Gasteiger charge is 2.35. The monoisotopic (exact) mass is 411 g/mol. The number of amides is 1. The van der Waals surface area contributed by atoms with Crippen molar-refractivity contribution in [1.82, 2.24) is 9.88 Å². The summed E-state index contributed by atoms with van der Waals surface area (Å²) in [4.78, 5) is 18.5. The Morgan fingerprint density at radius 3 is 2.71 bits per heavy atom. The number of aryl methyl sites for hydroxylation is 2. The summed E-state index contributed by atoms with van der Waals surface area (Å²) in [6.45, 7) is 7.33. The smallest absolute Gasteiger partial charge is 0.302 e. The minimum Gasteiger partial charge on any atom is -0.302 e. The summed E-state index contributed by atoms with van der Waals surface area (Å²) in [5, 5.41) is 3.24. The molecule has 4 nitrogen and oxygen atoms in total. The summed E-state index contributed by atoms with van der Waals surface area (Å²) in [5.41, 5.74) is 1.46. The number of thiazole rings is 1. The molecule has 1 atom stereocenters. The fourth-order valence-corrected chi connectivity index (χ4v) is 4.55. The number of nitrogens with one attached hydrogen (secondary N) is 1. The minimum atomic E-state index is -4.32. The first-order valence-corrected chi connectivity index (χ1v) is 10.1. The fourth-order valence-electron chi connectivity index (χ4n) is 3.65. The number of benzene rings is 1. The Morgan fingerprint density at radius 2 is 2.04 bits per heavy atom. The van der Waals surface area contributed by atoms with Crippen LogP contribution in [0.2, 0.25) is 0 Å². The maximum Gasteiger partial charge on any atom is 0.416 e. The van der Waals surface area contributed by atoms with Crippen LogP contribution in [0.5, 0.6) is 0 Å². The Morgan fingerprint density at radius 1 is 1.32 bits per heavy atom. The standard InChI is InChI=1S/C20H24F3N3OS/c1-12-6-16(18(7-13(12)2)20(21,22)23)8-15-4-5-26(10-15)11-17-9-24-19(28-17)25-14(3)27/h6-7,9,15H,4-5,8,10-11H2,1-3H3,(H,24,25,27). The molecule has 0 spiro atoms. The lowest BCUT2D eigenvalue weighted by Gasteiger charge is -2.19. The summed E-state index contributed by atoms with van der Waals surface area (Å²) in [6.07, 6.45) is -1.27. The van der Waals surface area contributed by atoms with E-state index in [2.05, 4.69) is 15.2 Å². The van der Waals surface area contributed by atoms with Gasteiger partial charge in [0.1, 0.15) is 0 Å². The molecule has 3 rings (SSSR count). The van der Waals surface area contributed by atoms with Gasteiger partial charge in [0.2, 0.25) is 5.91 Å². The molecule has 1 aliphatic rings. The van der Waals surface area contributed by atoms with Crippen molar-refractivity contribution in [3.05, 3.63) is 45.5 Å². The zero-order valence-electron chi connectivity index (χ0n) is 16.2. The second kappa shape index (κ2) is 8.21. The molecule has 152 valence electrons. The van der Waals surface area contributed by atoms with Crippen LogP contribution in [0.3, 0.4) is 0 Å². The summed E-state index contributed by atoms with van der Waals surface area (Å²) in [5.74, 6) is 0.0435. The number of anilines is 1. The number of carbonyl (C=O) groups is 1. The van der Waals surface area contributed by atoms with E-state index in [0.29, 0.717) is 29.2 Å². The molecule has 1 aromatic carbocycles. The molecule has 8 heteroatoms. The molecule has 0 bridgehead atoms. The Balaban J connectivity index is 1.64. The summed E-state index contributed by atoms with van der Waals surface area (Å²) >= 11 is 1.43. The lowest BCUT2D eigenvalue weighted by Crippen LogP contribution is -2.20. The molecule has 0 aliphatic carbocycles. The number of hydrogen-bond acceptors (Lipinski definition) is 4. The molecule has 1 amide bonds. The SMILES string of the molecule is CC(=O)Nc1ncc(CN2CCC(Cc3cc(C)c(C)cc3C(F)(F)F)C2)s1. The van der Waals surface area contributed by atoms with Gasteiger partial charge in [0.05, 0.1) is 5.56 Å². The molecule has 1 unspecified atom stereocenters. The molecule has 0 radical (unpaired) electrons. The number of carbonyl (C=O) groups excluding carboxylic acids is 1. The zero-order valence-corrected chi connectivity index (χ0v) is 17.0. The number of hydrogen-bond donors (Lipinski definition) is 1. The van der Waals surface area contributed by atoms with Crippen LogP contribution in [-0.4, -0.2) is 28.9 Å². The van der Waals surface area contributed by atoms with Gasteiger partial charge in [-0.2, -0.15) is 13.2 Å². The maximum absolute atomic E-state index is 13.4. The molecule has 2 heterocycles. The molecule has 1 N–H and O–H groups in total. The normalized spacial score (nSPS) is 17.9. The van der Waals surface area contributed by atoms with E-state index in [1.54, 1.807) is 19.2 Å². The second-order valence-corrected chi connectivity index (χ2v) is 8.61. The van der Waals surface area contributed by atoms with Crippen molar-refractivity contribution in [3.8, 4) is 0 Å². The molecule has 1 aromatic heterocycles. The summed E-state index contributed by atoms with van der Waals surface area (Å²) in [7, 11) is 0. The molecular formula is C20H24F3N3OS. The Labute approximate surface area is 166 Å².